The molecule has 0 aliphatic heterocycles. The van der Waals surface area contributed by atoms with Crippen molar-refractivity contribution in [3.63, 3.8) is 0 Å². The normalized spacial score (nSPS) is 11.2. The maximum Gasteiger partial charge on any atom is 0.0713 e. The van der Waals surface area contributed by atoms with Crippen molar-refractivity contribution in [2.24, 2.45) is 0 Å². The first kappa shape index (κ1) is 24.3. The largest absolute Gasteiger partial charge is 0.400 e. The van der Waals surface area contributed by atoms with Crippen molar-refractivity contribution in [3.8, 4) is 0 Å². The maximum atomic E-state index is 7.00. The summed E-state index contributed by atoms with van der Waals surface area (Å²) in [4.78, 5) is 4.88. The topological polar surface area (TPSA) is 57.2 Å². The average molecular weight is 434 g/mol. The quantitative estimate of drug-likeness (QED) is 0.276. The molecule has 0 saturated carbocycles. The van der Waals surface area contributed by atoms with E-state index in [1.54, 1.807) is 11.9 Å². The smallest absolute Gasteiger partial charge is 0.0713 e. The van der Waals surface area contributed by atoms with Crippen molar-refractivity contribution in [2.45, 2.75) is 20.4 Å². The van der Waals surface area contributed by atoms with E-state index < -0.39 is 0 Å². The second kappa shape index (κ2) is 12.6. The summed E-state index contributed by atoms with van der Waals surface area (Å²) in [6, 6.07) is 16.9. The van der Waals surface area contributed by atoms with Crippen LogP contribution in [0.2, 0.25) is 0 Å². The molecule has 0 radical (unpaired) electrons. The van der Waals surface area contributed by atoms with Gasteiger partial charge in [0, 0.05) is 36.7 Å². The summed E-state index contributed by atoms with van der Waals surface area (Å²) >= 11 is 1.59. The Morgan fingerprint density at radius 1 is 1.10 bits per heavy atom. The highest BCUT2D eigenvalue weighted by atomic mass is 32.2. The number of aliphatic hydroxyl groups is 1. The van der Waals surface area contributed by atoms with Crippen molar-refractivity contribution in [1.29, 1.82) is 0 Å². The molecule has 4 nitrogen and oxygen atoms in total. The van der Waals surface area contributed by atoms with E-state index in [1.165, 1.54) is 16.5 Å². The van der Waals surface area contributed by atoms with Gasteiger partial charge in [-0.15, -0.1) is 0 Å². The Balaban J connectivity index is 0.00000166. The van der Waals surface area contributed by atoms with Gasteiger partial charge in [0.25, 0.3) is 0 Å². The molecule has 0 bridgehead atoms. The predicted molar refractivity (Wildman–Crippen MR) is 139 cm³/mol. The van der Waals surface area contributed by atoms with Crippen LogP contribution >= 0.6 is 11.9 Å². The van der Waals surface area contributed by atoms with Gasteiger partial charge in [0.05, 0.1) is 11.2 Å². The number of rotatable bonds is 8. The van der Waals surface area contributed by atoms with E-state index in [0.717, 1.165) is 41.8 Å². The molecule has 0 atom stereocenters. The van der Waals surface area contributed by atoms with E-state index in [9.17, 15) is 0 Å². The lowest BCUT2D eigenvalue weighted by Crippen LogP contribution is -2.03. The first-order chi connectivity index (χ1) is 15.1. The first-order valence-electron chi connectivity index (χ1n) is 10.1. The SMILES string of the molecule is C=C/C(=C\C=C/C)c1cc(CNc2ccc(NSC)cc2)c2cc(C)ccc2n1.CO. The van der Waals surface area contributed by atoms with E-state index in [1.807, 2.05) is 37.5 Å². The highest BCUT2D eigenvalue weighted by molar-refractivity contribution is 7.99. The third-order valence-electron chi connectivity index (χ3n) is 4.62. The van der Waals surface area contributed by atoms with Gasteiger partial charge in [-0.2, -0.15) is 0 Å². The first-order valence-corrected chi connectivity index (χ1v) is 11.3. The van der Waals surface area contributed by atoms with Crippen LogP contribution in [0.3, 0.4) is 0 Å². The summed E-state index contributed by atoms with van der Waals surface area (Å²) in [5.41, 5.74) is 7.58. The van der Waals surface area contributed by atoms with E-state index in [0.29, 0.717) is 0 Å². The number of fused-ring (bicyclic) bond motifs is 1. The van der Waals surface area contributed by atoms with Crippen LogP contribution in [0.1, 0.15) is 23.7 Å². The van der Waals surface area contributed by atoms with Crippen LogP contribution in [0.5, 0.6) is 0 Å². The Morgan fingerprint density at radius 2 is 1.81 bits per heavy atom. The number of aromatic nitrogens is 1. The lowest BCUT2D eigenvalue weighted by Gasteiger charge is -2.13. The third-order valence-corrected chi connectivity index (χ3v) is 5.06. The molecule has 0 saturated heterocycles. The molecule has 0 unspecified atom stereocenters. The van der Waals surface area contributed by atoms with Crippen molar-refractivity contribution in [2.75, 3.05) is 23.4 Å². The van der Waals surface area contributed by atoms with Gasteiger partial charge < -0.3 is 15.1 Å². The van der Waals surface area contributed by atoms with E-state index in [-0.39, 0.29) is 0 Å². The second-order valence-electron chi connectivity index (χ2n) is 6.78. The standard InChI is InChI=1S/C25H27N3S.CH4O/c1-5-7-8-19(6-2)25-16-20(23-15-18(3)9-14-24(23)27-25)17-26-21-10-12-22(13-11-21)28-29-4;1-2/h5-16,26,28H,2,17H2,1,3-4H3;2H,1H3/b7-5-,19-8+;. The Morgan fingerprint density at radius 3 is 2.45 bits per heavy atom. The summed E-state index contributed by atoms with van der Waals surface area (Å²) < 4.78 is 3.24. The minimum Gasteiger partial charge on any atom is -0.400 e. The molecule has 1 aromatic heterocycles. The number of nitrogens with one attached hydrogen (secondary N) is 2. The van der Waals surface area contributed by atoms with Crippen LogP contribution in [0.15, 0.2) is 79.4 Å². The Kier molecular flexibility index (Phi) is 9.88. The summed E-state index contributed by atoms with van der Waals surface area (Å²) in [7, 11) is 1.00. The zero-order chi connectivity index (χ0) is 22.6. The molecule has 162 valence electrons. The molecule has 0 aliphatic rings. The van der Waals surface area contributed by atoms with Gasteiger partial charge >= 0.3 is 0 Å². The van der Waals surface area contributed by atoms with Crippen LogP contribution in [0, 0.1) is 6.92 Å². The van der Waals surface area contributed by atoms with Crippen LogP contribution < -0.4 is 10.0 Å². The van der Waals surface area contributed by atoms with Crippen LogP contribution in [-0.4, -0.2) is 23.5 Å². The fraction of sp³-hybridized carbons (Fsp3) is 0.192. The summed E-state index contributed by atoms with van der Waals surface area (Å²) in [6.07, 6.45) is 9.94. The zero-order valence-corrected chi connectivity index (χ0v) is 19.5. The van der Waals surface area contributed by atoms with Gasteiger partial charge in [-0.1, -0.05) is 54.5 Å². The lowest BCUT2D eigenvalue weighted by molar-refractivity contribution is 0.399. The van der Waals surface area contributed by atoms with Gasteiger partial charge in [0.15, 0.2) is 0 Å². The molecular weight excluding hydrogens is 402 g/mol. The fourth-order valence-electron chi connectivity index (χ4n) is 3.13. The Bertz CT molecular complexity index is 1060. The zero-order valence-electron chi connectivity index (χ0n) is 18.6. The third kappa shape index (κ3) is 6.74. The summed E-state index contributed by atoms with van der Waals surface area (Å²) in [5, 5.41) is 11.7. The average Bonchev–Trinajstić information content (AvgIpc) is 2.80. The van der Waals surface area contributed by atoms with Crippen LogP contribution in [0.25, 0.3) is 16.5 Å². The van der Waals surface area contributed by atoms with Gasteiger partial charge in [0.1, 0.15) is 0 Å². The number of nitrogens with zero attached hydrogens (tertiary/aromatic N) is 1. The summed E-state index contributed by atoms with van der Waals surface area (Å²) in [5.74, 6) is 0. The van der Waals surface area contributed by atoms with Crippen LogP contribution in [0.4, 0.5) is 11.4 Å². The predicted octanol–water partition coefficient (Wildman–Crippen LogP) is 6.60. The number of aliphatic hydroxyl groups excluding tert-OH is 1. The molecule has 5 heteroatoms. The highest BCUT2D eigenvalue weighted by Gasteiger charge is 2.08. The molecule has 0 fully saturated rings. The minimum absolute atomic E-state index is 0.721. The second-order valence-corrected chi connectivity index (χ2v) is 7.39. The molecule has 2 aromatic carbocycles. The fourth-order valence-corrected chi connectivity index (χ4v) is 3.50. The summed E-state index contributed by atoms with van der Waals surface area (Å²) in [6.45, 7) is 8.80. The molecular formula is C26H31N3OS. The Labute approximate surface area is 189 Å². The van der Waals surface area contributed by atoms with Crippen molar-refractivity contribution in [1.82, 2.24) is 4.98 Å². The van der Waals surface area contributed by atoms with Gasteiger partial charge in [-0.05, 0) is 67.4 Å². The number of aryl methyl sites for hydroxylation is 1. The van der Waals surface area contributed by atoms with Crippen molar-refractivity contribution >= 4 is 39.8 Å². The molecule has 3 rings (SSSR count). The van der Waals surface area contributed by atoms with Gasteiger partial charge in [0.2, 0.25) is 0 Å². The highest BCUT2D eigenvalue weighted by Crippen LogP contribution is 2.25. The number of hydrogen-bond acceptors (Lipinski definition) is 5. The van der Waals surface area contributed by atoms with Gasteiger partial charge in [-0.3, -0.25) is 0 Å². The molecule has 1 heterocycles. The van der Waals surface area contributed by atoms with E-state index in [2.05, 4.69) is 72.1 Å². The van der Waals surface area contributed by atoms with E-state index in [4.69, 9.17) is 10.1 Å². The van der Waals surface area contributed by atoms with Crippen LogP contribution in [-0.2, 0) is 6.54 Å². The van der Waals surface area contributed by atoms with E-state index >= 15 is 0 Å². The number of pyridine rings is 1. The lowest BCUT2D eigenvalue weighted by atomic mass is 10.0. The number of allylic oxidation sites excluding steroid dienone is 5. The maximum absolute atomic E-state index is 7.00. The van der Waals surface area contributed by atoms with Crippen molar-refractivity contribution in [3.05, 3.63) is 96.2 Å². The number of hydrogen-bond donors (Lipinski definition) is 3. The number of anilines is 2. The molecule has 0 spiro atoms. The molecule has 3 N–H and O–H groups in total. The Hall–Kier alpha value is -3.02. The van der Waals surface area contributed by atoms with Gasteiger partial charge in [-0.25, -0.2) is 4.98 Å². The monoisotopic (exact) mass is 433 g/mol. The van der Waals surface area contributed by atoms with Crippen molar-refractivity contribution < 1.29 is 5.11 Å². The molecule has 0 amide bonds. The molecule has 0 aliphatic carbocycles. The molecule has 3 aromatic rings. The minimum atomic E-state index is 0.721. The number of benzene rings is 2. The molecule has 31 heavy (non-hydrogen) atoms.